The monoisotopic (exact) mass is 602 g/mol. The maximum atomic E-state index is 14.1. The number of unbranched alkanes of at least 4 members (excludes halogenated alkanes) is 1. The Hall–Kier alpha value is -3.45. The first-order chi connectivity index (χ1) is 19.1. The second kappa shape index (κ2) is 12.8. The summed E-state index contributed by atoms with van der Waals surface area (Å²) in [4.78, 5) is 34.8. The predicted octanol–water partition coefficient (Wildman–Crippen LogP) is 8.79. The van der Waals surface area contributed by atoms with Gasteiger partial charge in [0, 0.05) is 16.7 Å². The SMILES string of the molecule is CCCCN(C(=O)Nc1c(C(C)C)cccc1C(C)C)C(C)c1nc2ccccc2c(=O)n1-c1ccc(Br)cc1. The first kappa shape index (κ1) is 29.5. The van der Waals surface area contributed by atoms with Gasteiger partial charge in [0.2, 0.25) is 0 Å². The lowest BCUT2D eigenvalue weighted by molar-refractivity contribution is 0.188. The molecule has 0 saturated heterocycles. The minimum Gasteiger partial charge on any atom is -0.315 e. The Bertz CT molecular complexity index is 1520. The first-order valence-corrected chi connectivity index (χ1v) is 14.9. The molecule has 1 N–H and O–H groups in total. The van der Waals surface area contributed by atoms with Crippen molar-refractivity contribution in [2.24, 2.45) is 0 Å². The van der Waals surface area contributed by atoms with Crippen LogP contribution in [0.15, 0.2) is 76.0 Å². The van der Waals surface area contributed by atoms with E-state index >= 15 is 0 Å². The van der Waals surface area contributed by atoms with Gasteiger partial charge in [-0.25, -0.2) is 9.78 Å². The van der Waals surface area contributed by atoms with E-state index < -0.39 is 6.04 Å². The van der Waals surface area contributed by atoms with Crippen molar-refractivity contribution in [2.45, 2.75) is 72.3 Å². The van der Waals surface area contributed by atoms with E-state index in [1.54, 1.807) is 10.6 Å². The molecule has 0 aliphatic rings. The molecule has 6 nitrogen and oxygen atoms in total. The molecule has 1 unspecified atom stereocenters. The van der Waals surface area contributed by atoms with Crippen molar-refractivity contribution in [2.75, 3.05) is 11.9 Å². The molecule has 0 aliphatic carbocycles. The van der Waals surface area contributed by atoms with Gasteiger partial charge in [-0.2, -0.15) is 0 Å². The zero-order valence-electron chi connectivity index (χ0n) is 24.2. The van der Waals surface area contributed by atoms with Gasteiger partial charge in [0.1, 0.15) is 5.82 Å². The van der Waals surface area contributed by atoms with Crippen LogP contribution in [-0.2, 0) is 0 Å². The Labute approximate surface area is 245 Å². The number of halogens is 1. The molecule has 4 aromatic rings. The van der Waals surface area contributed by atoms with Crippen LogP contribution in [-0.4, -0.2) is 27.0 Å². The molecule has 4 rings (SSSR count). The third-order valence-corrected chi connectivity index (χ3v) is 7.87. The Balaban J connectivity index is 1.85. The number of nitrogens with one attached hydrogen (secondary N) is 1. The van der Waals surface area contributed by atoms with Gasteiger partial charge in [0.15, 0.2) is 0 Å². The molecule has 0 radical (unpaired) electrons. The van der Waals surface area contributed by atoms with Crippen LogP contribution in [0, 0.1) is 0 Å². The van der Waals surface area contributed by atoms with Crippen LogP contribution < -0.4 is 10.9 Å². The summed E-state index contributed by atoms with van der Waals surface area (Å²) in [5.41, 5.74) is 4.26. The predicted molar refractivity (Wildman–Crippen MR) is 169 cm³/mol. The van der Waals surface area contributed by atoms with Gasteiger partial charge in [-0.3, -0.25) is 9.36 Å². The Morgan fingerprint density at radius 2 is 1.55 bits per heavy atom. The number of anilines is 1. The molecular formula is C33H39BrN4O2. The highest BCUT2D eigenvalue weighted by atomic mass is 79.9. The number of nitrogens with zero attached hydrogens (tertiary/aromatic N) is 3. The molecule has 0 fully saturated rings. The molecule has 40 heavy (non-hydrogen) atoms. The number of urea groups is 1. The lowest BCUT2D eigenvalue weighted by Crippen LogP contribution is -2.40. The van der Waals surface area contributed by atoms with Crippen LogP contribution in [0.25, 0.3) is 16.6 Å². The maximum Gasteiger partial charge on any atom is 0.322 e. The average Bonchev–Trinajstić information content (AvgIpc) is 2.93. The summed E-state index contributed by atoms with van der Waals surface area (Å²) in [6.07, 6.45) is 1.76. The van der Waals surface area contributed by atoms with E-state index in [1.165, 1.54) is 0 Å². The van der Waals surface area contributed by atoms with Gasteiger partial charge in [-0.05, 0) is 72.7 Å². The molecule has 1 aromatic heterocycles. The second-order valence-electron chi connectivity index (χ2n) is 10.9. The highest BCUT2D eigenvalue weighted by Crippen LogP contribution is 2.33. The Morgan fingerprint density at radius 1 is 0.925 bits per heavy atom. The maximum absolute atomic E-state index is 14.1. The van der Waals surface area contributed by atoms with Crippen molar-refractivity contribution in [1.82, 2.24) is 14.5 Å². The number of hydrogen-bond donors (Lipinski definition) is 1. The van der Waals surface area contributed by atoms with E-state index in [2.05, 4.69) is 74.1 Å². The molecule has 3 aromatic carbocycles. The van der Waals surface area contributed by atoms with E-state index in [0.717, 1.165) is 34.1 Å². The molecule has 1 atom stereocenters. The highest BCUT2D eigenvalue weighted by Gasteiger charge is 2.28. The van der Waals surface area contributed by atoms with Crippen molar-refractivity contribution in [3.05, 3.63) is 98.5 Å². The third kappa shape index (κ3) is 6.15. The zero-order chi connectivity index (χ0) is 29.0. The number of benzene rings is 3. The third-order valence-electron chi connectivity index (χ3n) is 7.35. The van der Waals surface area contributed by atoms with Gasteiger partial charge >= 0.3 is 6.03 Å². The van der Waals surface area contributed by atoms with Gasteiger partial charge < -0.3 is 10.2 Å². The smallest absolute Gasteiger partial charge is 0.315 e. The summed E-state index contributed by atoms with van der Waals surface area (Å²) < 4.78 is 2.56. The molecule has 7 heteroatoms. The quantitative estimate of drug-likeness (QED) is 0.208. The Kier molecular flexibility index (Phi) is 9.46. The van der Waals surface area contributed by atoms with Crippen molar-refractivity contribution in [3.63, 3.8) is 0 Å². The minimum absolute atomic E-state index is 0.155. The van der Waals surface area contributed by atoms with E-state index in [0.29, 0.717) is 29.0 Å². The van der Waals surface area contributed by atoms with Crippen LogP contribution in [0.2, 0.25) is 0 Å². The largest absolute Gasteiger partial charge is 0.322 e. The first-order valence-electron chi connectivity index (χ1n) is 14.1. The van der Waals surface area contributed by atoms with Crippen LogP contribution in [0.4, 0.5) is 10.5 Å². The zero-order valence-corrected chi connectivity index (χ0v) is 25.8. The number of para-hydroxylation sites is 2. The summed E-state index contributed by atoms with van der Waals surface area (Å²) in [7, 11) is 0. The number of rotatable bonds is 9. The molecule has 0 saturated carbocycles. The number of carbonyl (C=O) groups excluding carboxylic acids is 1. The standard InChI is InChI=1S/C33H39BrN4O2/c1-7-8-20-37(33(40)36-30-26(21(2)3)13-11-14-27(30)22(4)5)23(6)31-35-29-15-10-9-12-28(29)32(39)38(31)25-18-16-24(34)17-19-25/h9-19,21-23H,7-8,20H2,1-6H3,(H,36,40). The van der Waals surface area contributed by atoms with E-state index in [4.69, 9.17) is 4.98 Å². The molecular weight excluding hydrogens is 564 g/mol. The summed E-state index contributed by atoms with van der Waals surface area (Å²) >= 11 is 3.49. The molecule has 2 amide bonds. The lowest BCUT2D eigenvalue weighted by Gasteiger charge is -2.32. The van der Waals surface area contributed by atoms with Gasteiger partial charge in [-0.1, -0.05) is 87.3 Å². The summed E-state index contributed by atoms with van der Waals surface area (Å²) in [6.45, 7) is 13.2. The number of fused-ring (bicyclic) bond motifs is 1. The van der Waals surface area contributed by atoms with E-state index in [9.17, 15) is 9.59 Å². The number of hydrogen-bond acceptors (Lipinski definition) is 3. The van der Waals surface area contributed by atoms with Crippen LogP contribution >= 0.6 is 15.9 Å². The van der Waals surface area contributed by atoms with Crippen LogP contribution in [0.3, 0.4) is 0 Å². The van der Waals surface area contributed by atoms with Crippen molar-refractivity contribution in [3.8, 4) is 5.69 Å². The average molecular weight is 604 g/mol. The van der Waals surface area contributed by atoms with Crippen molar-refractivity contribution >= 4 is 38.6 Å². The number of aromatic nitrogens is 2. The van der Waals surface area contributed by atoms with Crippen LogP contribution in [0.1, 0.15) is 89.2 Å². The van der Waals surface area contributed by atoms with E-state index in [-0.39, 0.29) is 23.4 Å². The van der Waals surface area contributed by atoms with Crippen molar-refractivity contribution in [1.29, 1.82) is 0 Å². The second-order valence-corrected chi connectivity index (χ2v) is 11.8. The fraction of sp³-hybridized carbons (Fsp3) is 0.364. The van der Waals surface area contributed by atoms with Gasteiger partial charge in [0.25, 0.3) is 5.56 Å². The summed E-state index contributed by atoms with van der Waals surface area (Å²) in [6, 6.07) is 20.5. The Morgan fingerprint density at radius 3 is 2.15 bits per heavy atom. The number of carbonyl (C=O) groups is 1. The minimum atomic E-state index is -0.471. The van der Waals surface area contributed by atoms with Gasteiger partial charge in [0.05, 0.1) is 22.6 Å². The van der Waals surface area contributed by atoms with Crippen LogP contribution in [0.5, 0.6) is 0 Å². The molecule has 0 spiro atoms. The van der Waals surface area contributed by atoms with E-state index in [1.807, 2.05) is 54.3 Å². The van der Waals surface area contributed by atoms with Crippen molar-refractivity contribution < 1.29 is 4.79 Å². The molecule has 1 heterocycles. The molecule has 210 valence electrons. The molecule has 0 aliphatic heterocycles. The fourth-order valence-corrected chi connectivity index (χ4v) is 5.35. The lowest BCUT2D eigenvalue weighted by atomic mass is 9.92. The highest BCUT2D eigenvalue weighted by molar-refractivity contribution is 9.10. The topological polar surface area (TPSA) is 67.2 Å². The summed E-state index contributed by atoms with van der Waals surface area (Å²) in [5, 5.41) is 3.83. The molecule has 0 bridgehead atoms. The summed E-state index contributed by atoms with van der Waals surface area (Å²) in [5.74, 6) is 1.03. The normalized spacial score (nSPS) is 12.2. The van der Waals surface area contributed by atoms with Gasteiger partial charge in [-0.15, -0.1) is 0 Å². The fourth-order valence-electron chi connectivity index (χ4n) is 5.08. The number of amides is 2.